The number of rotatable bonds is 3. The van der Waals surface area contributed by atoms with Gasteiger partial charge in [-0.3, -0.25) is 9.48 Å². The van der Waals surface area contributed by atoms with Gasteiger partial charge >= 0.3 is 0 Å². The highest BCUT2D eigenvalue weighted by Crippen LogP contribution is 2.31. The summed E-state index contributed by atoms with van der Waals surface area (Å²) in [5, 5.41) is 4.75. The zero-order valence-electron chi connectivity index (χ0n) is 12.8. The first-order chi connectivity index (χ1) is 8.80. The minimum Gasteiger partial charge on any atom is -0.308 e. The van der Waals surface area contributed by atoms with Gasteiger partial charge in [-0.05, 0) is 26.9 Å². The molecule has 0 bridgehead atoms. The van der Waals surface area contributed by atoms with Gasteiger partial charge in [-0.2, -0.15) is 5.10 Å². The molecule has 0 fully saturated rings. The molecule has 1 aromatic heterocycles. The second-order valence-corrected chi connectivity index (χ2v) is 6.72. The number of fused-ring (bicyclic) bond motifs is 1. The number of carbonyl (C=O) groups is 1. The van der Waals surface area contributed by atoms with E-state index in [0.717, 1.165) is 42.9 Å². The van der Waals surface area contributed by atoms with E-state index in [1.54, 1.807) is 0 Å². The number of carbonyl (C=O) groups excluding carboxylic acids is 1. The van der Waals surface area contributed by atoms with Crippen LogP contribution in [0.25, 0.3) is 0 Å². The predicted molar refractivity (Wildman–Crippen MR) is 76.7 cm³/mol. The summed E-state index contributed by atoms with van der Waals surface area (Å²) < 4.78 is 2.06. The summed E-state index contributed by atoms with van der Waals surface area (Å²) >= 11 is 0. The molecule has 1 heterocycles. The first-order valence-corrected chi connectivity index (χ1v) is 7.09. The average Bonchev–Trinajstić information content (AvgIpc) is 2.66. The fourth-order valence-electron chi connectivity index (χ4n) is 2.59. The van der Waals surface area contributed by atoms with E-state index in [1.165, 1.54) is 0 Å². The fourth-order valence-corrected chi connectivity index (χ4v) is 2.59. The van der Waals surface area contributed by atoms with Crippen LogP contribution in [0.5, 0.6) is 0 Å². The molecule has 0 saturated carbocycles. The lowest BCUT2D eigenvalue weighted by atomic mass is 9.84. The molecule has 106 valence electrons. The molecule has 19 heavy (non-hydrogen) atoms. The highest BCUT2D eigenvalue weighted by atomic mass is 16.1. The molecule has 0 aliphatic heterocycles. The van der Waals surface area contributed by atoms with Gasteiger partial charge in [0, 0.05) is 24.1 Å². The molecule has 0 saturated heterocycles. The van der Waals surface area contributed by atoms with E-state index in [9.17, 15) is 4.79 Å². The molecule has 1 aromatic rings. The molecule has 0 N–H and O–H groups in total. The van der Waals surface area contributed by atoms with Crippen molar-refractivity contribution in [1.29, 1.82) is 0 Å². The summed E-state index contributed by atoms with van der Waals surface area (Å²) in [5.74, 6) is 0.280. The van der Waals surface area contributed by atoms with Gasteiger partial charge in [0.05, 0.1) is 17.8 Å². The summed E-state index contributed by atoms with van der Waals surface area (Å²) in [7, 11) is 4.12. The zero-order valence-corrected chi connectivity index (χ0v) is 12.8. The maximum atomic E-state index is 12.2. The Bertz CT molecular complexity index is 480. The molecular formula is C15H25N3O. The maximum absolute atomic E-state index is 12.2. The number of aromatic nitrogens is 2. The summed E-state index contributed by atoms with van der Waals surface area (Å²) in [4.78, 5) is 14.4. The summed E-state index contributed by atoms with van der Waals surface area (Å²) in [5.41, 5.74) is 2.98. The molecular weight excluding hydrogens is 238 g/mol. The van der Waals surface area contributed by atoms with Crippen LogP contribution < -0.4 is 0 Å². The smallest absolute Gasteiger partial charge is 0.166 e. The van der Waals surface area contributed by atoms with Crippen molar-refractivity contribution in [3.63, 3.8) is 0 Å². The number of hydrogen-bond donors (Lipinski definition) is 0. The zero-order chi connectivity index (χ0) is 14.2. The van der Waals surface area contributed by atoms with Crippen LogP contribution >= 0.6 is 0 Å². The highest BCUT2D eigenvalue weighted by Gasteiger charge is 2.32. The van der Waals surface area contributed by atoms with E-state index in [-0.39, 0.29) is 11.2 Å². The second kappa shape index (κ2) is 5.08. The van der Waals surface area contributed by atoms with Crippen molar-refractivity contribution in [1.82, 2.24) is 14.7 Å². The van der Waals surface area contributed by atoms with Gasteiger partial charge in [0.1, 0.15) is 0 Å². The quantitative estimate of drug-likeness (QED) is 0.839. The van der Waals surface area contributed by atoms with Crippen molar-refractivity contribution in [2.24, 2.45) is 0 Å². The monoisotopic (exact) mass is 263 g/mol. The van der Waals surface area contributed by atoms with Crippen LogP contribution in [0, 0.1) is 0 Å². The Morgan fingerprint density at radius 1 is 1.26 bits per heavy atom. The molecule has 4 nitrogen and oxygen atoms in total. The maximum Gasteiger partial charge on any atom is 0.166 e. The van der Waals surface area contributed by atoms with Gasteiger partial charge in [-0.25, -0.2) is 0 Å². The number of Topliss-reactive ketones (excluding diaryl/α,β-unsaturated/α-hetero) is 1. The van der Waals surface area contributed by atoms with Crippen LogP contribution in [0.2, 0.25) is 0 Å². The first-order valence-electron chi connectivity index (χ1n) is 7.09. The summed E-state index contributed by atoms with van der Waals surface area (Å²) in [6, 6.07) is 0. The lowest BCUT2D eigenvalue weighted by Gasteiger charge is -2.19. The molecule has 0 amide bonds. The van der Waals surface area contributed by atoms with Crippen molar-refractivity contribution in [2.75, 3.05) is 20.6 Å². The Hall–Kier alpha value is -1.16. The van der Waals surface area contributed by atoms with Crippen LogP contribution in [-0.4, -0.2) is 41.1 Å². The number of ketones is 1. The molecule has 0 radical (unpaired) electrons. The normalized spacial score (nSPS) is 16.0. The van der Waals surface area contributed by atoms with Crippen LogP contribution in [0.4, 0.5) is 0 Å². The van der Waals surface area contributed by atoms with E-state index < -0.39 is 0 Å². The van der Waals surface area contributed by atoms with Crippen LogP contribution in [0.3, 0.4) is 0 Å². The van der Waals surface area contributed by atoms with Crippen molar-refractivity contribution >= 4 is 5.78 Å². The lowest BCUT2D eigenvalue weighted by Crippen LogP contribution is -2.21. The molecule has 0 aromatic carbocycles. The molecule has 2 rings (SSSR count). The lowest BCUT2D eigenvalue weighted by molar-refractivity contribution is 0.0969. The molecule has 1 aliphatic rings. The fraction of sp³-hybridized carbons (Fsp3) is 0.733. The Morgan fingerprint density at radius 3 is 2.53 bits per heavy atom. The van der Waals surface area contributed by atoms with E-state index in [0.29, 0.717) is 6.42 Å². The van der Waals surface area contributed by atoms with Crippen molar-refractivity contribution in [3.05, 3.63) is 17.0 Å². The minimum absolute atomic E-state index is 0.0690. The van der Waals surface area contributed by atoms with E-state index >= 15 is 0 Å². The molecule has 1 aliphatic carbocycles. The summed E-state index contributed by atoms with van der Waals surface area (Å²) in [6.45, 7) is 8.21. The molecule has 0 unspecified atom stereocenters. The Morgan fingerprint density at radius 2 is 1.95 bits per heavy atom. The van der Waals surface area contributed by atoms with E-state index in [1.807, 2.05) is 0 Å². The van der Waals surface area contributed by atoms with Crippen LogP contribution in [0.15, 0.2) is 0 Å². The Labute approximate surface area is 115 Å². The number of likely N-dealkylation sites (N-methyl/N-ethyl adjacent to an activating group) is 1. The average molecular weight is 263 g/mol. The Balaban J connectivity index is 2.43. The van der Waals surface area contributed by atoms with Gasteiger partial charge in [-0.1, -0.05) is 20.8 Å². The second-order valence-electron chi connectivity index (χ2n) is 6.72. The van der Waals surface area contributed by atoms with Gasteiger partial charge in [0.2, 0.25) is 0 Å². The standard InChI is InChI=1S/C15H25N3O/c1-15(2,3)14-13-11(7-6-8-12(13)19)18(16-14)10-9-17(4)5/h6-10H2,1-5H3. The van der Waals surface area contributed by atoms with E-state index in [2.05, 4.69) is 44.4 Å². The van der Waals surface area contributed by atoms with Gasteiger partial charge in [-0.15, -0.1) is 0 Å². The topological polar surface area (TPSA) is 38.1 Å². The predicted octanol–water partition coefficient (Wildman–Crippen LogP) is 2.26. The largest absolute Gasteiger partial charge is 0.308 e. The van der Waals surface area contributed by atoms with Gasteiger partial charge < -0.3 is 4.90 Å². The minimum atomic E-state index is -0.0690. The van der Waals surface area contributed by atoms with E-state index in [4.69, 9.17) is 5.10 Å². The SMILES string of the molecule is CN(C)CCn1nc(C(C)(C)C)c2c1CCCC2=O. The molecule has 0 spiro atoms. The molecule has 4 heteroatoms. The van der Waals surface area contributed by atoms with Gasteiger partial charge in [0.15, 0.2) is 5.78 Å². The van der Waals surface area contributed by atoms with Crippen molar-refractivity contribution in [3.8, 4) is 0 Å². The van der Waals surface area contributed by atoms with Gasteiger partial charge in [0.25, 0.3) is 0 Å². The highest BCUT2D eigenvalue weighted by molar-refractivity contribution is 5.99. The third-order valence-corrected chi connectivity index (χ3v) is 3.62. The molecule has 0 atom stereocenters. The van der Waals surface area contributed by atoms with Crippen LogP contribution in [0.1, 0.15) is 55.4 Å². The third-order valence-electron chi connectivity index (χ3n) is 3.62. The third kappa shape index (κ3) is 2.89. The Kier molecular flexibility index (Phi) is 3.81. The number of nitrogens with zero attached hydrogens (tertiary/aromatic N) is 3. The van der Waals surface area contributed by atoms with Crippen molar-refractivity contribution in [2.45, 2.75) is 52.0 Å². The van der Waals surface area contributed by atoms with Crippen LogP contribution in [-0.2, 0) is 18.4 Å². The number of hydrogen-bond acceptors (Lipinski definition) is 3. The first kappa shape index (κ1) is 14.3. The summed E-state index contributed by atoms with van der Waals surface area (Å²) in [6.07, 6.45) is 2.62. The van der Waals surface area contributed by atoms with Crippen molar-refractivity contribution < 1.29 is 4.79 Å².